The Morgan fingerprint density at radius 1 is 0.808 bits per heavy atom. The van der Waals surface area contributed by atoms with E-state index in [1.165, 1.54) is 11.1 Å². The molecule has 1 aliphatic carbocycles. The van der Waals surface area contributed by atoms with Crippen molar-refractivity contribution in [3.8, 4) is 5.75 Å². The summed E-state index contributed by atoms with van der Waals surface area (Å²) in [5.74, 6) is 0.882. The third kappa shape index (κ3) is 2.45. The van der Waals surface area contributed by atoms with E-state index >= 15 is 0 Å². The van der Waals surface area contributed by atoms with Crippen molar-refractivity contribution >= 4 is 0 Å². The predicted molar refractivity (Wildman–Crippen MR) is 105 cm³/mol. The number of fused-ring (bicyclic) bond motifs is 2. The van der Waals surface area contributed by atoms with E-state index in [-0.39, 0.29) is 0 Å². The van der Waals surface area contributed by atoms with Crippen LogP contribution < -0.4 is 4.74 Å². The molecule has 3 aromatic rings. The van der Waals surface area contributed by atoms with Crippen molar-refractivity contribution in [2.45, 2.75) is 32.3 Å². The van der Waals surface area contributed by atoms with E-state index in [9.17, 15) is 5.11 Å². The first-order valence-electron chi connectivity index (χ1n) is 9.10. The van der Waals surface area contributed by atoms with Gasteiger partial charge in [0.1, 0.15) is 11.4 Å². The third-order valence-electron chi connectivity index (χ3n) is 5.56. The topological polar surface area (TPSA) is 29.5 Å². The molecular formula is C24H24O2. The second kappa shape index (κ2) is 6.30. The van der Waals surface area contributed by atoms with Crippen molar-refractivity contribution in [2.75, 3.05) is 7.11 Å². The highest BCUT2D eigenvalue weighted by Gasteiger charge is 2.39. The lowest BCUT2D eigenvalue weighted by atomic mass is 9.77. The van der Waals surface area contributed by atoms with Gasteiger partial charge in [-0.05, 0) is 77.8 Å². The lowest BCUT2D eigenvalue weighted by Gasteiger charge is -2.32. The molecule has 1 aliphatic rings. The summed E-state index contributed by atoms with van der Waals surface area (Å²) in [6.45, 7) is 4.07. The molecule has 0 saturated carbocycles. The van der Waals surface area contributed by atoms with E-state index < -0.39 is 5.60 Å². The first-order valence-corrected chi connectivity index (χ1v) is 9.10. The van der Waals surface area contributed by atoms with Crippen LogP contribution in [0.3, 0.4) is 0 Å². The van der Waals surface area contributed by atoms with Gasteiger partial charge in [0.15, 0.2) is 0 Å². The van der Waals surface area contributed by atoms with Crippen LogP contribution in [0.5, 0.6) is 5.75 Å². The Kier molecular flexibility index (Phi) is 4.08. The van der Waals surface area contributed by atoms with Crippen molar-refractivity contribution in [1.82, 2.24) is 0 Å². The molecular weight excluding hydrogens is 320 g/mol. The Labute approximate surface area is 155 Å². The molecule has 0 bridgehead atoms. The van der Waals surface area contributed by atoms with Crippen LogP contribution in [-0.4, -0.2) is 12.2 Å². The van der Waals surface area contributed by atoms with E-state index in [1.54, 1.807) is 7.11 Å². The summed E-state index contributed by atoms with van der Waals surface area (Å²) in [6.07, 6.45) is 1.87. The highest BCUT2D eigenvalue weighted by atomic mass is 16.5. The van der Waals surface area contributed by atoms with E-state index in [0.717, 1.165) is 46.4 Å². The van der Waals surface area contributed by atoms with E-state index in [2.05, 4.69) is 48.5 Å². The van der Waals surface area contributed by atoms with Crippen LogP contribution in [0.1, 0.15) is 38.9 Å². The normalized spacial score (nSPS) is 14.9. The fraction of sp³-hybridized carbons (Fsp3) is 0.250. The molecule has 0 unspecified atom stereocenters. The summed E-state index contributed by atoms with van der Waals surface area (Å²) in [5, 5.41) is 12.2. The number of hydrogen-bond acceptors (Lipinski definition) is 2. The average Bonchev–Trinajstić information content (AvgIpc) is 2.78. The molecule has 0 amide bonds. The fourth-order valence-corrected chi connectivity index (χ4v) is 4.39. The number of aryl methyl sites for hydroxylation is 4. The zero-order chi connectivity index (χ0) is 18.3. The maximum atomic E-state index is 12.2. The molecule has 0 atom stereocenters. The zero-order valence-electron chi connectivity index (χ0n) is 15.5. The lowest BCUT2D eigenvalue weighted by Crippen LogP contribution is -2.30. The van der Waals surface area contributed by atoms with E-state index in [4.69, 9.17) is 4.74 Å². The van der Waals surface area contributed by atoms with Crippen molar-refractivity contribution in [3.63, 3.8) is 0 Å². The predicted octanol–water partition coefficient (Wildman–Crippen LogP) is 4.69. The second-order valence-electron chi connectivity index (χ2n) is 7.17. The quantitative estimate of drug-likeness (QED) is 0.730. The highest BCUT2D eigenvalue weighted by Crippen LogP contribution is 2.44. The lowest BCUT2D eigenvalue weighted by molar-refractivity contribution is 0.125. The summed E-state index contributed by atoms with van der Waals surface area (Å²) >= 11 is 0. The molecule has 4 rings (SSSR count). The Balaban J connectivity index is 2.06. The minimum absolute atomic E-state index is 0.882. The number of rotatable bonds is 2. The first kappa shape index (κ1) is 16.9. The molecule has 2 nitrogen and oxygen atoms in total. The minimum Gasteiger partial charge on any atom is -0.496 e. The van der Waals surface area contributed by atoms with Crippen LogP contribution in [0.4, 0.5) is 0 Å². The molecule has 0 heterocycles. The molecule has 26 heavy (non-hydrogen) atoms. The molecule has 0 fully saturated rings. The summed E-state index contributed by atoms with van der Waals surface area (Å²) in [5.41, 5.74) is 6.18. The number of ether oxygens (including phenoxy) is 1. The van der Waals surface area contributed by atoms with Gasteiger partial charge in [0.25, 0.3) is 0 Å². The molecule has 1 N–H and O–H groups in total. The Hall–Kier alpha value is -2.58. The van der Waals surface area contributed by atoms with Gasteiger partial charge in [0.05, 0.1) is 7.11 Å². The summed E-state index contributed by atoms with van der Waals surface area (Å²) in [7, 11) is 1.69. The van der Waals surface area contributed by atoms with Crippen molar-refractivity contribution in [2.24, 2.45) is 0 Å². The summed E-state index contributed by atoms with van der Waals surface area (Å²) < 4.78 is 5.53. The summed E-state index contributed by atoms with van der Waals surface area (Å²) in [4.78, 5) is 0. The van der Waals surface area contributed by atoms with E-state index in [0.29, 0.717) is 0 Å². The van der Waals surface area contributed by atoms with Crippen LogP contribution >= 0.6 is 0 Å². The van der Waals surface area contributed by atoms with Gasteiger partial charge in [-0.2, -0.15) is 0 Å². The Morgan fingerprint density at radius 2 is 1.27 bits per heavy atom. The molecule has 3 aromatic carbocycles. The van der Waals surface area contributed by atoms with Gasteiger partial charge in [0.2, 0.25) is 0 Å². The van der Waals surface area contributed by atoms with Gasteiger partial charge >= 0.3 is 0 Å². The van der Waals surface area contributed by atoms with Gasteiger partial charge in [-0.15, -0.1) is 0 Å². The maximum absolute atomic E-state index is 12.2. The highest BCUT2D eigenvalue weighted by molar-refractivity contribution is 5.57. The second-order valence-corrected chi connectivity index (χ2v) is 7.17. The van der Waals surface area contributed by atoms with Crippen LogP contribution in [-0.2, 0) is 18.4 Å². The number of benzene rings is 3. The molecule has 132 valence electrons. The molecule has 0 aromatic heterocycles. The summed E-state index contributed by atoms with van der Waals surface area (Å²) in [6, 6.07) is 20.7. The van der Waals surface area contributed by atoms with Crippen LogP contribution in [0.2, 0.25) is 0 Å². The zero-order valence-corrected chi connectivity index (χ0v) is 15.5. The van der Waals surface area contributed by atoms with Crippen LogP contribution in [0.25, 0.3) is 0 Å². The average molecular weight is 344 g/mol. The fourth-order valence-electron chi connectivity index (χ4n) is 4.39. The van der Waals surface area contributed by atoms with Crippen LogP contribution in [0.15, 0.2) is 60.7 Å². The van der Waals surface area contributed by atoms with Crippen molar-refractivity contribution in [3.05, 3.63) is 99.6 Å². The largest absolute Gasteiger partial charge is 0.496 e. The molecule has 2 heteroatoms. The monoisotopic (exact) mass is 344 g/mol. The van der Waals surface area contributed by atoms with Gasteiger partial charge in [-0.25, -0.2) is 0 Å². The maximum Gasteiger partial charge on any atom is 0.141 e. The minimum atomic E-state index is -1.16. The smallest absolute Gasteiger partial charge is 0.141 e. The van der Waals surface area contributed by atoms with Gasteiger partial charge in [0, 0.05) is 0 Å². The molecule has 0 radical (unpaired) electrons. The molecule has 0 spiro atoms. The Morgan fingerprint density at radius 3 is 1.73 bits per heavy atom. The van der Waals surface area contributed by atoms with Gasteiger partial charge < -0.3 is 9.84 Å². The van der Waals surface area contributed by atoms with E-state index in [1.807, 2.05) is 26.0 Å². The standard InChI is InChI=1S/C24H24O2/c1-16-14-20(15-17(2)23(16)26-3)24(25)21-10-6-4-8-18(21)12-13-19-9-5-7-11-22(19)24/h4-11,14-15,25H,12-13H2,1-3H3. The van der Waals surface area contributed by atoms with Crippen LogP contribution in [0, 0.1) is 13.8 Å². The molecule has 0 saturated heterocycles. The van der Waals surface area contributed by atoms with Crippen molar-refractivity contribution in [1.29, 1.82) is 0 Å². The number of methoxy groups -OCH3 is 1. The third-order valence-corrected chi connectivity index (χ3v) is 5.56. The number of hydrogen-bond donors (Lipinski definition) is 1. The Bertz CT molecular complexity index is 901. The van der Waals surface area contributed by atoms with Gasteiger partial charge in [-0.1, -0.05) is 48.5 Å². The van der Waals surface area contributed by atoms with Gasteiger partial charge in [-0.3, -0.25) is 0 Å². The number of aliphatic hydroxyl groups is 1. The SMILES string of the molecule is COc1c(C)cc(C2(O)c3ccccc3CCc3ccccc32)cc1C. The first-order chi connectivity index (χ1) is 12.6. The van der Waals surface area contributed by atoms with Crippen molar-refractivity contribution < 1.29 is 9.84 Å². The molecule has 0 aliphatic heterocycles.